The zero-order valence-corrected chi connectivity index (χ0v) is 15.9. The van der Waals surface area contributed by atoms with Crippen molar-refractivity contribution in [3.8, 4) is 0 Å². The molecule has 1 aliphatic rings. The van der Waals surface area contributed by atoms with Crippen LogP contribution in [0.1, 0.15) is 67.7 Å². The lowest BCUT2D eigenvalue weighted by Gasteiger charge is -2.44. The zero-order chi connectivity index (χ0) is 17.8. The average molecular weight is 328 g/mol. The number of nitrogens with zero attached hydrogens (tertiary/aromatic N) is 1. The molecule has 23 heavy (non-hydrogen) atoms. The predicted octanol–water partition coefficient (Wildman–Crippen LogP) is 3.16. The Morgan fingerprint density at radius 3 is 2.35 bits per heavy atom. The molecule has 0 bridgehead atoms. The second-order valence-electron chi connectivity index (χ2n) is 8.47. The first-order valence-corrected chi connectivity index (χ1v) is 8.93. The van der Waals surface area contributed by atoms with Crippen molar-refractivity contribution in [2.24, 2.45) is 5.92 Å². The smallest absolute Gasteiger partial charge is 0.407 e. The summed E-state index contributed by atoms with van der Waals surface area (Å²) in [5.74, 6) is 0.540. The number of carbonyl (C=O) groups is 1. The first-order chi connectivity index (χ1) is 10.5. The summed E-state index contributed by atoms with van der Waals surface area (Å²) in [7, 11) is 0. The molecule has 0 aromatic heterocycles. The van der Waals surface area contributed by atoms with E-state index in [1.54, 1.807) is 0 Å². The third-order valence-electron chi connectivity index (χ3n) is 4.16. The van der Waals surface area contributed by atoms with Crippen LogP contribution in [0.4, 0.5) is 4.79 Å². The molecule has 1 fully saturated rings. The molecule has 1 aliphatic carbocycles. The van der Waals surface area contributed by atoms with Gasteiger partial charge < -0.3 is 15.2 Å². The molecule has 0 spiro atoms. The van der Waals surface area contributed by atoms with E-state index in [1.165, 1.54) is 0 Å². The number of alkyl carbamates (subject to hydrolysis) is 1. The van der Waals surface area contributed by atoms with Gasteiger partial charge in [-0.1, -0.05) is 13.8 Å². The van der Waals surface area contributed by atoms with Crippen LogP contribution in [0, 0.1) is 5.92 Å². The molecule has 1 rings (SSSR count). The first kappa shape index (κ1) is 20.2. The second kappa shape index (κ2) is 8.34. The highest BCUT2D eigenvalue weighted by Gasteiger charge is 2.36. The van der Waals surface area contributed by atoms with Gasteiger partial charge >= 0.3 is 6.09 Å². The molecule has 136 valence electrons. The number of aliphatic hydroxyl groups is 1. The predicted molar refractivity (Wildman–Crippen MR) is 93.5 cm³/mol. The maximum absolute atomic E-state index is 12.2. The van der Waals surface area contributed by atoms with Gasteiger partial charge in [0.1, 0.15) is 5.60 Å². The number of carbonyl (C=O) groups excluding carboxylic acids is 1. The summed E-state index contributed by atoms with van der Waals surface area (Å²) in [4.78, 5) is 14.6. The van der Waals surface area contributed by atoms with E-state index in [9.17, 15) is 9.90 Å². The maximum atomic E-state index is 12.2. The van der Waals surface area contributed by atoms with Crippen molar-refractivity contribution in [2.45, 2.75) is 97.6 Å². The normalized spacial score (nSPS) is 26.0. The highest BCUT2D eigenvalue weighted by atomic mass is 16.6. The highest BCUT2D eigenvalue weighted by Crippen LogP contribution is 2.26. The summed E-state index contributed by atoms with van der Waals surface area (Å²) >= 11 is 0. The number of amides is 1. The highest BCUT2D eigenvalue weighted by molar-refractivity contribution is 5.68. The number of rotatable bonds is 5. The van der Waals surface area contributed by atoms with Crippen LogP contribution in [0.25, 0.3) is 0 Å². The topological polar surface area (TPSA) is 61.8 Å². The molecule has 1 amide bonds. The molecule has 0 saturated heterocycles. The summed E-state index contributed by atoms with van der Waals surface area (Å²) in [6.07, 6.45) is 1.56. The van der Waals surface area contributed by atoms with E-state index in [4.69, 9.17) is 4.74 Å². The lowest BCUT2D eigenvalue weighted by atomic mass is 9.86. The summed E-state index contributed by atoms with van der Waals surface area (Å²) in [5.41, 5.74) is -0.497. The SMILES string of the molecule is CC(C)CN(C(C)C)C1CC(O)CCC1NC(=O)OC(C)(C)C. The van der Waals surface area contributed by atoms with Crippen LogP contribution in [0.2, 0.25) is 0 Å². The van der Waals surface area contributed by atoms with Crippen LogP contribution in [0.3, 0.4) is 0 Å². The standard InChI is InChI=1S/C18H36N2O3/c1-12(2)11-20(13(3)4)16-10-14(21)8-9-15(16)19-17(22)23-18(5,6)7/h12-16,21H,8-11H2,1-7H3,(H,19,22). The van der Waals surface area contributed by atoms with Crippen molar-refractivity contribution < 1.29 is 14.6 Å². The molecule has 0 aromatic rings. The van der Waals surface area contributed by atoms with Gasteiger partial charge in [-0.05, 0) is 59.8 Å². The molecule has 5 nitrogen and oxygen atoms in total. The van der Waals surface area contributed by atoms with Crippen molar-refractivity contribution in [1.29, 1.82) is 0 Å². The average Bonchev–Trinajstić information content (AvgIpc) is 2.35. The van der Waals surface area contributed by atoms with Gasteiger partial charge in [0.2, 0.25) is 0 Å². The van der Waals surface area contributed by atoms with Crippen LogP contribution in [-0.2, 0) is 4.74 Å². The fourth-order valence-electron chi connectivity index (χ4n) is 3.27. The van der Waals surface area contributed by atoms with Gasteiger partial charge in [-0.15, -0.1) is 0 Å². The molecule has 5 heteroatoms. The van der Waals surface area contributed by atoms with Crippen molar-refractivity contribution in [3.63, 3.8) is 0 Å². The molecule has 0 heterocycles. The number of hydrogen-bond donors (Lipinski definition) is 2. The number of hydrogen-bond acceptors (Lipinski definition) is 4. The van der Waals surface area contributed by atoms with Crippen LogP contribution in [-0.4, -0.2) is 52.5 Å². The fourth-order valence-corrected chi connectivity index (χ4v) is 3.27. The Labute approximate surface area is 141 Å². The van der Waals surface area contributed by atoms with Crippen molar-refractivity contribution in [2.75, 3.05) is 6.54 Å². The molecule has 1 saturated carbocycles. The van der Waals surface area contributed by atoms with E-state index in [0.29, 0.717) is 18.4 Å². The van der Waals surface area contributed by atoms with E-state index in [2.05, 4.69) is 37.9 Å². The van der Waals surface area contributed by atoms with E-state index in [1.807, 2.05) is 20.8 Å². The van der Waals surface area contributed by atoms with Crippen LogP contribution in [0.5, 0.6) is 0 Å². The Morgan fingerprint density at radius 2 is 1.87 bits per heavy atom. The lowest BCUT2D eigenvalue weighted by molar-refractivity contribution is 0.0105. The van der Waals surface area contributed by atoms with Gasteiger partial charge in [0.25, 0.3) is 0 Å². The minimum Gasteiger partial charge on any atom is -0.444 e. The zero-order valence-electron chi connectivity index (χ0n) is 15.9. The quantitative estimate of drug-likeness (QED) is 0.814. The number of aliphatic hydroxyl groups excluding tert-OH is 1. The van der Waals surface area contributed by atoms with E-state index in [0.717, 1.165) is 19.4 Å². The van der Waals surface area contributed by atoms with Crippen LogP contribution in [0.15, 0.2) is 0 Å². The first-order valence-electron chi connectivity index (χ1n) is 8.93. The third kappa shape index (κ3) is 7.08. The van der Waals surface area contributed by atoms with Gasteiger partial charge in [-0.25, -0.2) is 4.79 Å². The van der Waals surface area contributed by atoms with Gasteiger partial charge in [0.05, 0.1) is 6.10 Å². The monoisotopic (exact) mass is 328 g/mol. The lowest BCUT2D eigenvalue weighted by Crippen LogP contribution is -2.58. The van der Waals surface area contributed by atoms with E-state index in [-0.39, 0.29) is 24.3 Å². The summed E-state index contributed by atoms with van der Waals surface area (Å²) in [5, 5.41) is 13.2. The largest absolute Gasteiger partial charge is 0.444 e. The fraction of sp³-hybridized carbons (Fsp3) is 0.944. The number of nitrogens with one attached hydrogen (secondary N) is 1. The molecule has 0 radical (unpaired) electrons. The Kier molecular flexibility index (Phi) is 7.33. The summed E-state index contributed by atoms with van der Waals surface area (Å²) in [6, 6.07) is 0.540. The Balaban J connectivity index is 2.83. The van der Waals surface area contributed by atoms with Gasteiger partial charge in [0, 0.05) is 24.7 Å². The van der Waals surface area contributed by atoms with Gasteiger partial charge in [0.15, 0.2) is 0 Å². The molecule has 3 atom stereocenters. The number of ether oxygens (including phenoxy) is 1. The minimum absolute atomic E-state index is 0.0226. The molecule has 0 aromatic carbocycles. The van der Waals surface area contributed by atoms with E-state index < -0.39 is 5.60 Å². The van der Waals surface area contributed by atoms with Crippen molar-refractivity contribution >= 4 is 6.09 Å². The Bertz CT molecular complexity index is 377. The van der Waals surface area contributed by atoms with Crippen LogP contribution < -0.4 is 5.32 Å². The van der Waals surface area contributed by atoms with Gasteiger partial charge in [-0.3, -0.25) is 4.90 Å². The molecular weight excluding hydrogens is 292 g/mol. The second-order valence-corrected chi connectivity index (χ2v) is 8.47. The van der Waals surface area contributed by atoms with Crippen molar-refractivity contribution in [1.82, 2.24) is 10.2 Å². The molecule has 2 N–H and O–H groups in total. The van der Waals surface area contributed by atoms with E-state index >= 15 is 0 Å². The molecule has 3 unspecified atom stereocenters. The van der Waals surface area contributed by atoms with Crippen LogP contribution >= 0.6 is 0 Å². The van der Waals surface area contributed by atoms with Gasteiger partial charge in [-0.2, -0.15) is 0 Å². The summed E-state index contributed by atoms with van der Waals surface area (Å²) < 4.78 is 5.41. The summed E-state index contributed by atoms with van der Waals surface area (Å²) in [6.45, 7) is 15.3. The van der Waals surface area contributed by atoms with Crippen molar-refractivity contribution in [3.05, 3.63) is 0 Å². The maximum Gasteiger partial charge on any atom is 0.407 e. The molecule has 0 aliphatic heterocycles. The molecular formula is C18H36N2O3. The minimum atomic E-state index is -0.497. The Morgan fingerprint density at radius 1 is 1.26 bits per heavy atom. The Hall–Kier alpha value is -0.810. The third-order valence-corrected chi connectivity index (χ3v) is 4.16.